The lowest BCUT2D eigenvalue weighted by atomic mass is 10.1. The van der Waals surface area contributed by atoms with Gasteiger partial charge in [0.1, 0.15) is 16.7 Å². The van der Waals surface area contributed by atoms with Gasteiger partial charge >= 0.3 is 0 Å². The fraction of sp³-hybridized carbons (Fsp3) is 0. The molecule has 5 aromatic rings. The first-order chi connectivity index (χ1) is 11.4. The molecule has 0 aliphatic rings. The second-order valence-electron chi connectivity index (χ2n) is 5.40. The Balaban J connectivity index is 1.76. The van der Waals surface area contributed by atoms with E-state index < -0.39 is 0 Å². The number of benzene rings is 2. The molecule has 0 unspecified atom stereocenters. The lowest BCUT2D eigenvalue weighted by Crippen LogP contribution is -1.89. The summed E-state index contributed by atoms with van der Waals surface area (Å²) in [5, 5.41) is 2.21. The first-order valence-electron chi connectivity index (χ1n) is 7.38. The van der Waals surface area contributed by atoms with Crippen LogP contribution in [-0.2, 0) is 0 Å². The number of furan rings is 1. The van der Waals surface area contributed by atoms with Crippen molar-refractivity contribution in [2.75, 3.05) is 0 Å². The maximum absolute atomic E-state index is 5.87. The summed E-state index contributed by atoms with van der Waals surface area (Å²) in [7, 11) is 0. The van der Waals surface area contributed by atoms with E-state index in [0.717, 1.165) is 38.7 Å². The minimum absolute atomic E-state index is 0.655. The molecule has 0 spiro atoms. The van der Waals surface area contributed by atoms with E-state index in [2.05, 4.69) is 27.1 Å². The quantitative estimate of drug-likeness (QED) is 0.454. The summed E-state index contributed by atoms with van der Waals surface area (Å²) in [4.78, 5) is 13.1. The van der Waals surface area contributed by atoms with E-state index >= 15 is 0 Å². The Bertz CT molecular complexity index is 1180. The van der Waals surface area contributed by atoms with Crippen molar-refractivity contribution in [1.29, 1.82) is 0 Å². The Morgan fingerprint density at radius 3 is 2.61 bits per heavy atom. The Labute approximate surface area is 131 Å². The van der Waals surface area contributed by atoms with Crippen LogP contribution < -0.4 is 0 Å². The van der Waals surface area contributed by atoms with Crippen LogP contribution in [0.25, 0.3) is 44.4 Å². The van der Waals surface area contributed by atoms with Crippen LogP contribution in [-0.4, -0.2) is 15.0 Å². The number of para-hydroxylation sites is 1. The Kier molecular flexibility index (Phi) is 2.46. The van der Waals surface area contributed by atoms with E-state index in [1.165, 1.54) is 0 Å². The van der Waals surface area contributed by atoms with Crippen molar-refractivity contribution in [2.45, 2.75) is 0 Å². The SMILES string of the molecule is c1ccc2c(c1)oc1ccc(-c3ccc4nccnc4n3)cc12. The third-order valence-electron chi connectivity index (χ3n) is 4.00. The van der Waals surface area contributed by atoms with Gasteiger partial charge < -0.3 is 4.42 Å². The first kappa shape index (κ1) is 12.3. The second kappa shape index (κ2) is 4.61. The lowest BCUT2D eigenvalue weighted by molar-refractivity contribution is 0.669. The van der Waals surface area contributed by atoms with Gasteiger partial charge in [0.25, 0.3) is 0 Å². The monoisotopic (exact) mass is 297 g/mol. The van der Waals surface area contributed by atoms with E-state index in [4.69, 9.17) is 4.42 Å². The molecule has 0 saturated carbocycles. The summed E-state index contributed by atoms with van der Waals surface area (Å²) >= 11 is 0. The van der Waals surface area contributed by atoms with Crippen molar-refractivity contribution >= 4 is 33.1 Å². The molecule has 3 heterocycles. The number of hydrogen-bond acceptors (Lipinski definition) is 4. The van der Waals surface area contributed by atoms with Gasteiger partial charge in [-0.1, -0.05) is 18.2 Å². The predicted molar refractivity (Wildman–Crippen MR) is 90.0 cm³/mol. The van der Waals surface area contributed by atoms with Gasteiger partial charge in [0.15, 0.2) is 5.65 Å². The summed E-state index contributed by atoms with van der Waals surface area (Å²) in [6.07, 6.45) is 3.33. The molecular formula is C19H11N3O. The van der Waals surface area contributed by atoms with Gasteiger partial charge in [0.2, 0.25) is 0 Å². The molecule has 108 valence electrons. The first-order valence-corrected chi connectivity index (χ1v) is 7.38. The van der Waals surface area contributed by atoms with Crippen LogP contribution in [0.2, 0.25) is 0 Å². The number of rotatable bonds is 1. The fourth-order valence-corrected chi connectivity index (χ4v) is 2.90. The summed E-state index contributed by atoms with van der Waals surface area (Å²) in [5.74, 6) is 0. The molecule has 0 fully saturated rings. The van der Waals surface area contributed by atoms with E-state index in [9.17, 15) is 0 Å². The molecule has 0 bridgehead atoms. The molecule has 0 amide bonds. The maximum Gasteiger partial charge on any atom is 0.178 e. The average molecular weight is 297 g/mol. The molecule has 0 aliphatic carbocycles. The summed E-state index contributed by atoms with van der Waals surface area (Å²) in [5.41, 5.74) is 5.16. The molecule has 0 atom stereocenters. The van der Waals surface area contributed by atoms with Crippen molar-refractivity contribution in [2.24, 2.45) is 0 Å². The molecule has 0 radical (unpaired) electrons. The maximum atomic E-state index is 5.87. The van der Waals surface area contributed by atoms with Gasteiger partial charge in [-0.05, 0) is 36.4 Å². The van der Waals surface area contributed by atoms with E-state index in [1.54, 1.807) is 12.4 Å². The van der Waals surface area contributed by atoms with E-state index in [-0.39, 0.29) is 0 Å². The van der Waals surface area contributed by atoms with Crippen LogP contribution in [0.4, 0.5) is 0 Å². The zero-order valence-corrected chi connectivity index (χ0v) is 12.1. The highest BCUT2D eigenvalue weighted by molar-refractivity contribution is 6.06. The van der Waals surface area contributed by atoms with Gasteiger partial charge in [-0.15, -0.1) is 0 Å². The zero-order chi connectivity index (χ0) is 15.2. The minimum atomic E-state index is 0.655. The van der Waals surface area contributed by atoms with Crippen LogP contribution in [0.5, 0.6) is 0 Å². The van der Waals surface area contributed by atoms with Crippen LogP contribution in [0.1, 0.15) is 0 Å². The van der Waals surface area contributed by atoms with E-state index in [1.807, 2.05) is 42.5 Å². The molecule has 0 aliphatic heterocycles. The Morgan fingerprint density at radius 2 is 1.61 bits per heavy atom. The molecular weight excluding hydrogens is 286 g/mol. The topological polar surface area (TPSA) is 51.8 Å². The van der Waals surface area contributed by atoms with Gasteiger partial charge in [-0.3, -0.25) is 4.98 Å². The average Bonchev–Trinajstić information content (AvgIpc) is 2.99. The molecule has 0 saturated heterocycles. The van der Waals surface area contributed by atoms with Crippen LogP contribution in [0.15, 0.2) is 71.4 Å². The van der Waals surface area contributed by atoms with Gasteiger partial charge in [0, 0.05) is 28.7 Å². The lowest BCUT2D eigenvalue weighted by Gasteiger charge is -2.02. The predicted octanol–water partition coefficient (Wildman–Crippen LogP) is 4.59. The highest BCUT2D eigenvalue weighted by Gasteiger charge is 2.09. The van der Waals surface area contributed by atoms with Crippen molar-refractivity contribution < 1.29 is 4.42 Å². The molecule has 5 rings (SSSR count). The standard InChI is InChI=1S/C19H11N3O/c1-2-4-17-13(3-1)14-11-12(5-8-18(14)23-17)15-6-7-16-19(22-15)21-10-9-20-16/h1-11H. The fourth-order valence-electron chi connectivity index (χ4n) is 2.90. The van der Waals surface area contributed by atoms with Gasteiger partial charge in [0.05, 0.1) is 5.69 Å². The van der Waals surface area contributed by atoms with Crippen molar-refractivity contribution in [3.05, 3.63) is 67.0 Å². The largest absolute Gasteiger partial charge is 0.456 e. The normalized spacial score (nSPS) is 11.5. The second-order valence-corrected chi connectivity index (χ2v) is 5.40. The summed E-state index contributed by atoms with van der Waals surface area (Å²) in [6, 6.07) is 18.1. The van der Waals surface area contributed by atoms with Crippen LogP contribution in [0.3, 0.4) is 0 Å². The smallest absolute Gasteiger partial charge is 0.178 e. The van der Waals surface area contributed by atoms with Crippen molar-refractivity contribution in [1.82, 2.24) is 15.0 Å². The number of fused-ring (bicyclic) bond motifs is 4. The molecule has 3 aromatic heterocycles. The number of hydrogen-bond donors (Lipinski definition) is 0. The van der Waals surface area contributed by atoms with Gasteiger partial charge in [-0.2, -0.15) is 0 Å². The van der Waals surface area contributed by atoms with Crippen LogP contribution >= 0.6 is 0 Å². The molecule has 23 heavy (non-hydrogen) atoms. The number of nitrogens with zero attached hydrogens (tertiary/aromatic N) is 3. The molecule has 4 nitrogen and oxygen atoms in total. The minimum Gasteiger partial charge on any atom is -0.456 e. The molecule has 0 N–H and O–H groups in total. The van der Waals surface area contributed by atoms with Crippen molar-refractivity contribution in [3.8, 4) is 11.3 Å². The summed E-state index contributed by atoms with van der Waals surface area (Å²) < 4.78 is 5.87. The highest BCUT2D eigenvalue weighted by Crippen LogP contribution is 2.31. The third kappa shape index (κ3) is 1.89. The van der Waals surface area contributed by atoms with E-state index in [0.29, 0.717) is 5.65 Å². The summed E-state index contributed by atoms with van der Waals surface area (Å²) in [6.45, 7) is 0. The number of pyridine rings is 1. The third-order valence-corrected chi connectivity index (χ3v) is 4.00. The Hall–Kier alpha value is -3.27. The van der Waals surface area contributed by atoms with Crippen LogP contribution in [0, 0.1) is 0 Å². The zero-order valence-electron chi connectivity index (χ0n) is 12.1. The molecule has 2 aromatic carbocycles. The Morgan fingerprint density at radius 1 is 0.739 bits per heavy atom. The van der Waals surface area contributed by atoms with Crippen molar-refractivity contribution in [3.63, 3.8) is 0 Å². The van der Waals surface area contributed by atoms with Gasteiger partial charge in [-0.25, -0.2) is 9.97 Å². The highest BCUT2D eigenvalue weighted by atomic mass is 16.3. The molecule has 4 heteroatoms. The number of aromatic nitrogens is 3.